The maximum atomic E-state index is 10.5. The smallest absolute Gasteiger partial charge is 0.235 e. The van der Waals surface area contributed by atoms with Gasteiger partial charge in [-0.1, -0.05) is 25.8 Å². The summed E-state index contributed by atoms with van der Waals surface area (Å²) in [6.45, 7) is 3.64. The second-order valence-corrected chi connectivity index (χ2v) is 7.19. The lowest BCUT2D eigenvalue weighted by molar-refractivity contribution is 0.367. The van der Waals surface area contributed by atoms with E-state index in [-0.39, 0.29) is 11.6 Å². The van der Waals surface area contributed by atoms with Crippen LogP contribution in [0.15, 0.2) is 36.2 Å². The molecule has 3 aromatic rings. The summed E-state index contributed by atoms with van der Waals surface area (Å²) in [4.78, 5) is 5.14. The molecule has 0 spiro atoms. The highest BCUT2D eigenvalue weighted by atomic mass is 32.1. The van der Waals surface area contributed by atoms with Gasteiger partial charge < -0.3 is 19.3 Å². The van der Waals surface area contributed by atoms with Gasteiger partial charge in [0, 0.05) is 31.0 Å². The third-order valence-electron chi connectivity index (χ3n) is 4.45. The molecule has 2 N–H and O–H groups in total. The van der Waals surface area contributed by atoms with E-state index in [1.165, 1.54) is 0 Å². The number of imidazole rings is 1. The number of aromatic nitrogens is 3. The lowest BCUT2D eigenvalue weighted by atomic mass is 10.1. The van der Waals surface area contributed by atoms with Crippen molar-refractivity contribution >= 4 is 11.3 Å². The summed E-state index contributed by atoms with van der Waals surface area (Å²) in [5.74, 6) is 0.0302. The summed E-state index contributed by atoms with van der Waals surface area (Å²) in [7, 11) is 0. The molecular formula is C19H25N3O2S. The number of thiophene rings is 1. The Morgan fingerprint density at radius 1 is 1.16 bits per heavy atom. The van der Waals surface area contributed by atoms with E-state index in [1.807, 2.05) is 26.8 Å². The van der Waals surface area contributed by atoms with Gasteiger partial charge in [0.15, 0.2) is 5.75 Å². The summed E-state index contributed by atoms with van der Waals surface area (Å²) in [6.07, 6.45) is 10.4. The quantitative estimate of drug-likeness (QED) is 0.547. The molecule has 0 fully saturated rings. The van der Waals surface area contributed by atoms with Crippen molar-refractivity contribution in [2.75, 3.05) is 0 Å². The molecule has 0 aliphatic carbocycles. The van der Waals surface area contributed by atoms with E-state index in [4.69, 9.17) is 0 Å². The summed E-state index contributed by atoms with van der Waals surface area (Å²) >= 11 is 1.64. The predicted molar refractivity (Wildman–Crippen MR) is 101 cm³/mol. The van der Waals surface area contributed by atoms with Gasteiger partial charge in [0.05, 0.1) is 16.9 Å². The van der Waals surface area contributed by atoms with Crippen LogP contribution in [0.1, 0.15) is 38.2 Å². The Hall–Kier alpha value is -2.21. The zero-order valence-corrected chi connectivity index (χ0v) is 15.4. The van der Waals surface area contributed by atoms with Crippen LogP contribution >= 0.6 is 11.3 Å². The van der Waals surface area contributed by atoms with Gasteiger partial charge in [-0.25, -0.2) is 4.98 Å². The average molecular weight is 359 g/mol. The molecule has 3 aromatic heterocycles. The van der Waals surface area contributed by atoms with Crippen molar-refractivity contribution in [1.82, 2.24) is 14.1 Å². The molecule has 0 unspecified atom stereocenters. The maximum Gasteiger partial charge on any atom is 0.235 e. The number of rotatable bonds is 9. The van der Waals surface area contributed by atoms with Gasteiger partial charge in [0.2, 0.25) is 5.88 Å². The van der Waals surface area contributed by atoms with Crippen LogP contribution < -0.4 is 0 Å². The van der Waals surface area contributed by atoms with Crippen molar-refractivity contribution in [3.8, 4) is 22.2 Å². The minimum atomic E-state index is -0.0134. The van der Waals surface area contributed by atoms with E-state index in [0.29, 0.717) is 6.54 Å². The average Bonchev–Trinajstić information content (AvgIpc) is 3.34. The molecule has 0 atom stereocenters. The SMILES string of the molecule is CCCCCc1c(O)c(O)n(CCCn2ccnc2)c1-c1cccs1. The lowest BCUT2D eigenvalue weighted by Gasteiger charge is -2.11. The molecular weight excluding hydrogens is 334 g/mol. The van der Waals surface area contributed by atoms with Crippen LogP contribution in [-0.4, -0.2) is 24.3 Å². The Balaban J connectivity index is 1.85. The summed E-state index contributed by atoms with van der Waals surface area (Å²) in [5.41, 5.74) is 1.84. The van der Waals surface area contributed by atoms with Gasteiger partial charge in [-0.2, -0.15) is 0 Å². The zero-order valence-electron chi connectivity index (χ0n) is 14.6. The fourth-order valence-corrected chi connectivity index (χ4v) is 3.98. The highest BCUT2D eigenvalue weighted by Crippen LogP contribution is 2.43. The van der Waals surface area contributed by atoms with Gasteiger partial charge in [-0.05, 0) is 30.7 Å². The van der Waals surface area contributed by atoms with Crippen LogP contribution in [0, 0.1) is 0 Å². The van der Waals surface area contributed by atoms with Gasteiger partial charge in [0.1, 0.15) is 0 Å². The van der Waals surface area contributed by atoms with Gasteiger partial charge >= 0.3 is 0 Å². The summed E-state index contributed by atoms with van der Waals surface area (Å²) in [6, 6.07) is 4.06. The molecule has 0 amide bonds. The second kappa shape index (κ2) is 8.25. The molecule has 25 heavy (non-hydrogen) atoms. The van der Waals surface area contributed by atoms with Gasteiger partial charge in [0.25, 0.3) is 0 Å². The van der Waals surface area contributed by atoms with Crippen molar-refractivity contribution in [3.05, 3.63) is 41.8 Å². The Morgan fingerprint density at radius 2 is 2.04 bits per heavy atom. The molecule has 5 nitrogen and oxygen atoms in total. The Morgan fingerprint density at radius 3 is 2.72 bits per heavy atom. The normalized spacial score (nSPS) is 11.2. The Bertz CT molecular complexity index is 776. The van der Waals surface area contributed by atoms with Crippen LogP contribution in [-0.2, 0) is 19.5 Å². The Kier molecular flexibility index (Phi) is 5.81. The summed E-state index contributed by atoms with van der Waals surface area (Å²) < 4.78 is 3.88. The van der Waals surface area contributed by atoms with E-state index in [2.05, 4.69) is 18.0 Å². The minimum Gasteiger partial charge on any atom is -0.503 e. The van der Waals surface area contributed by atoms with Crippen LogP contribution in [0.3, 0.4) is 0 Å². The first-order chi connectivity index (χ1) is 12.2. The van der Waals surface area contributed by atoms with Crippen LogP contribution in [0.2, 0.25) is 0 Å². The molecule has 6 heteroatoms. The fraction of sp³-hybridized carbons (Fsp3) is 0.421. The highest BCUT2D eigenvalue weighted by Gasteiger charge is 2.23. The van der Waals surface area contributed by atoms with Crippen molar-refractivity contribution in [1.29, 1.82) is 0 Å². The van der Waals surface area contributed by atoms with Gasteiger partial charge in [-0.15, -0.1) is 11.3 Å². The maximum absolute atomic E-state index is 10.5. The lowest BCUT2D eigenvalue weighted by Crippen LogP contribution is -2.04. The Labute approximate surface area is 152 Å². The van der Waals surface area contributed by atoms with Crippen LogP contribution in [0.25, 0.3) is 10.6 Å². The fourth-order valence-electron chi connectivity index (χ4n) is 3.18. The van der Waals surface area contributed by atoms with E-state index in [0.717, 1.165) is 54.8 Å². The highest BCUT2D eigenvalue weighted by molar-refractivity contribution is 7.13. The van der Waals surface area contributed by atoms with Crippen LogP contribution in [0.4, 0.5) is 0 Å². The number of hydrogen-bond acceptors (Lipinski definition) is 4. The van der Waals surface area contributed by atoms with Crippen molar-refractivity contribution in [2.45, 2.75) is 52.1 Å². The molecule has 0 saturated carbocycles. The molecule has 0 aromatic carbocycles. The topological polar surface area (TPSA) is 63.2 Å². The number of hydrogen-bond donors (Lipinski definition) is 2. The first-order valence-electron chi connectivity index (χ1n) is 8.85. The molecule has 3 rings (SSSR count). The third-order valence-corrected chi connectivity index (χ3v) is 5.33. The standard InChI is InChI=1S/C19H25N3O2S/c1-2-3-4-7-15-17(16-8-5-13-25-16)22(19(24)18(15)23)11-6-10-21-12-9-20-14-21/h5,8-9,12-14,23-24H,2-4,6-7,10-11H2,1H3. The van der Waals surface area contributed by atoms with E-state index in [1.54, 1.807) is 23.9 Å². The van der Waals surface area contributed by atoms with Gasteiger partial charge in [-0.3, -0.25) is 0 Å². The number of unbranched alkanes of at least 4 members (excludes halogenated alkanes) is 2. The molecule has 3 heterocycles. The number of aryl methyl sites for hydroxylation is 1. The third kappa shape index (κ3) is 3.90. The van der Waals surface area contributed by atoms with Crippen LogP contribution in [0.5, 0.6) is 11.6 Å². The van der Waals surface area contributed by atoms with E-state index >= 15 is 0 Å². The summed E-state index contributed by atoms with van der Waals surface area (Å²) in [5, 5.41) is 23.0. The monoisotopic (exact) mass is 359 g/mol. The first-order valence-corrected chi connectivity index (χ1v) is 9.73. The minimum absolute atomic E-state index is 0.0134. The second-order valence-electron chi connectivity index (χ2n) is 6.24. The zero-order chi connectivity index (χ0) is 17.6. The van der Waals surface area contributed by atoms with Crippen molar-refractivity contribution in [3.63, 3.8) is 0 Å². The molecule has 0 saturated heterocycles. The molecule has 134 valence electrons. The molecule has 0 radical (unpaired) electrons. The molecule has 0 aliphatic rings. The first kappa shape index (κ1) is 17.6. The van der Waals surface area contributed by atoms with Crippen molar-refractivity contribution < 1.29 is 10.2 Å². The van der Waals surface area contributed by atoms with E-state index in [9.17, 15) is 10.2 Å². The number of aromatic hydroxyl groups is 2. The van der Waals surface area contributed by atoms with Crippen molar-refractivity contribution in [2.24, 2.45) is 0 Å². The predicted octanol–water partition coefficient (Wildman–Crippen LogP) is 4.65. The largest absolute Gasteiger partial charge is 0.503 e. The molecule has 0 aliphatic heterocycles. The van der Waals surface area contributed by atoms with E-state index < -0.39 is 0 Å². The number of nitrogens with zero attached hydrogens (tertiary/aromatic N) is 3. The molecule has 0 bridgehead atoms.